The van der Waals surface area contributed by atoms with Crippen molar-refractivity contribution in [1.29, 1.82) is 0 Å². The molecule has 0 aromatic carbocycles. The fourth-order valence-corrected chi connectivity index (χ4v) is 1.45. The van der Waals surface area contributed by atoms with Gasteiger partial charge >= 0.3 is 12.1 Å². The van der Waals surface area contributed by atoms with Crippen LogP contribution in [-0.4, -0.2) is 42.0 Å². The van der Waals surface area contributed by atoms with Gasteiger partial charge in [-0.1, -0.05) is 0 Å². The van der Waals surface area contributed by atoms with Crippen LogP contribution in [0.3, 0.4) is 0 Å². The number of amides is 1. The van der Waals surface area contributed by atoms with Gasteiger partial charge in [-0.3, -0.25) is 9.69 Å². The Kier molecular flexibility index (Phi) is 4.68. The Hall–Kier alpha value is -1.85. The van der Waals surface area contributed by atoms with Crippen LogP contribution in [0, 0.1) is 0 Å². The third-order valence-corrected chi connectivity index (χ3v) is 2.19. The molecule has 0 spiro atoms. The quantitative estimate of drug-likeness (QED) is 0.685. The number of hydrogen-bond donors (Lipinski definition) is 0. The van der Waals surface area contributed by atoms with E-state index in [4.69, 9.17) is 9.47 Å². The summed E-state index contributed by atoms with van der Waals surface area (Å²) in [7, 11) is 0. The number of rotatable bonds is 3. The van der Waals surface area contributed by atoms with Crippen LogP contribution in [0.2, 0.25) is 0 Å². The zero-order chi connectivity index (χ0) is 12.8. The minimum atomic E-state index is -0.925. The molecule has 0 N–H and O–H groups in total. The van der Waals surface area contributed by atoms with Gasteiger partial charge in [-0.2, -0.15) is 0 Å². The fourth-order valence-electron chi connectivity index (χ4n) is 1.45. The van der Waals surface area contributed by atoms with E-state index in [1.807, 2.05) is 0 Å². The number of carbonyl (C=O) groups is 3. The van der Waals surface area contributed by atoms with E-state index >= 15 is 0 Å². The third-order valence-electron chi connectivity index (χ3n) is 2.19. The van der Waals surface area contributed by atoms with Gasteiger partial charge in [-0.15, -0.1) is 0 Å². The normalized spacial score (nSPS) is 19.1. The van der Waals surface area contributed by atoms with Gasteiger partial charge in [0.25, 0.3) is 0 Å². The highest BCUT2D eigenvalue weighted by Gasteiger charge is 2.34. The average molecular weight is 241 g/mol. The van der Waals surface area contributed by atoms with Crippen LogP contribution in [0.5, 0.6) is 0 Å². The Morgan fingerprint density at radius 3 is 2.59 bits per heavy atom. The molecule has 0 bridgehead atoms. The Bertz CT molecular complexity index is 350. The zero-order valence-electron chi connectivity index (χ0n) is 9.84. The Morgan fingerprint density at radius 2 is 2.00 bits per heavy atom. The summed E-state index contributed by atoms with van der Waals surface area (Å²) in [5.74, 6) is -0.818. The Balaban J connectivity index is 2.82. The number of carbonyl (C=O) groups excluding carboxylic acids is 3. The van der Waals surface area contributed by atoms with Crippen molar-refractivity contribution in [2.45, 2.75) is 26.3 Å². The second kappa shape index (κ2) is 6.03. The highest BCUT2D eigenvalue weighted by Crippen LogP contribution is 2.15. The molecule has 94 valence electrons. The predicted octanol–water partition coefficient (Wildman–Crippen LogP) is 0.863. The van der Waals surface area contributed by atoms with Crippen LogP contribution in [0.4, 0.5) is 4.79 Å². The van der Waals surface area contributed by atoms with Crippen LogP contribution in [0.15, 0.2) is 12.3 Å². The molecule has 1 atom stereocenters. The second-order valence-corrected chi connectivity index (χ2v) is 3.36. The van der Waals surface area contributed by atoms with Crippen LogP contribution in [0.25, 0.3) is 0 Å². The lowest BCUT2D eigenvalue weighted by molar-refractivity contribution is -0.149. The van der Waals surface area contributed by atoms with Crippen molar-refractivity contribution in [2.24, 2.45) is 0 Å². The van der Waals surface area contributed by atoms with Crippen molar-refractivity contribution >= 4 is 17.8 Å². The van der Waals surface area contributed by atoms with E-state index in [0.717, 1.165) is 4.90 Å². The van der Waals surface area contributed by atoms with Gasteiger partial charge in [0.15, 0.2) is 5.78 Å². The molecule has 1 heterocycles. The molecule has 0 radical (unpaired) electrons. The smallest absolute Gasteiger partial charge is 0.414 e. The number of esters is 1. The number of hydrogen-bond acceptors (Lipinski definition) is 5. The summed E-state index contributed by atoms with van der Waals surface area (Å²) < 4.78 is 9.61. The molecular weight excluding hydrogens is 226 g/mol. The summed E-state index contributed by atoms with van der Waals surface area (Å²) in [5.41, 5.74) is 0. The van der Waals surface area contributed by atoms with Crippen LogP contribution < -0.4 is 0 Å². The van der Waals surface area contributed by atoms with Crippen molar-refractivity contribution in [2.75, 3.05) is 13.2 Å². The Labute approximate surface area is 99.2 Å². The fraction of sp³-hybridized carbons (Fsp3) is 0.545. The maximum atomic E-state index is 11.6. The highest BCUT2D eigenvalue weighted by atomic mass is 16.6. The molecule has 1 unspecified atom stereocenters. The monoisotopic (exact) mass is 241 g/mol. The van der Waals surface area contributed by atoms with Crippen LogP contribution in [0.1, 0.15) is 20.3 Å². The molecular formula is C11H15NO5. The molecule has 0 fully saturated rings. The lowest BCUT2D eigenvalue weighted by atomic mass is 10.1. The molecule has 1 amide bonds. The first-order valence-corrected chi connectivity index (χ1v) is 5.42. The standard InChI is InChI=1S/C11H15NO5/c1-3-16-10(14)9-7-8(13)5-6-12(9)11(15)17-4-2/h5-6,9H,3-4,7H2,1-2H3. The van der Waals surface area contributed by atoms with E-state index in [-0.39, 0.29) is 25.4 Å². The minimum absolute atomic E-state index is 0.0753. The highest BCUT2D eigenvalue weighted by molar-refractivity contribution is 5.97. The lowest BCUT2D eigenvalue weighted by Crippen LogP contribution is -2.46. The van der Waals surface area contributed by atoms with Crippen molar-refractivity contribution in [1.82, 2.24) is 4.90 Å². The first-order chi connectivity index (χ1) is 8.10. The Morgan fingerprint density at radius 1 is 1.35 bits per heavy atom. The second-order valence-electron chi connectivity index (χ2n) is 3.36. The summed E-state index contributed by atoms with van der Waals surface area (Å²) in [4.78, 5) is 35.5. The minimum Gasteiger partial charge on any atom is -0.464 e. The summed E-state index contributed by atoms with van der Waals surface area (Å²) in [6, 6.07) is -0.925. The predicted molar refractivity (Wildman–Crippen MR) is 58.0 cm³/mol. The molecule has 0 aromatic rings. The first-order valence-electron chi connectivity index (χ1n) is 5.42. The third kappa shape index (κ3) is 3.30. The van der Waals surface area contributed by atoms with Crippen molar-refractivity contribution in [3.05, 3.63) is 12.3 Å². The van der Waals surface area contributed by atoms with E-state index in [2.05, 4.69) is 0 Å². The SMILES string of the molecule is CCOC(=O)C1CC(=O)C=CN1C(=O)OCC. The van der Waals surface area contributed by atoms with E-state index in [9.17, 15) is 14.4 Å². The largest absolute Gasteiger partial charge is 0.464 e. The van der Waals surface area contributed by atoms with E-state index in [1.165, 1.54) is 12.3 Å². The van der Waals surface area contributed by atoms with E-state index < -0.39 is 18.1 Å². The van der Waals surface area contributed by atoms with Gasteiger partial charge in [0.1, 0.15) is 6.04 Å². The molecule has 17 heavy (non-hydrogen) atoms. The van der Waals surface area contributed by atoms with E-state index in [0.29, 0.717) is 0 Å². The van der Waals surface area contributed by atoms with Gasteiger partial charge in [0.05, 0.1) is 13.2 Å². The molecule has 0 saturated carbocycles. The van der Waals surface area contributed by atoms with E-state index in [1.54, 1.807) is 13.8 Å². The number of ether oxygens (including phenoxy) is 2. The number of nitrogens with zero attached hydrogens (tertiary/aromatic N) is 1. The summed E-state index contributed by atoms with van der Waals surface area (Å²) >= 11 is 0. The maximum Gasteiger partial charge on any atom is 0.414 e. The topological polar surface area (TPSA) is 72.9 Å². The first kappa shape index (κ1) is 13.2. The van der Waals surface area contributed by atoms with Gasteiger partial charge in [0, 0.05) is 12.6 Å². The number of allylic oxidation sites excluding steroid dienone is 1. The van der Waals surface area contributed by atoms with Crippen molar-refractivity contribution < 1.29 is 23.9 Å². The average Bonchev–Trinajstić information content (AvgIpc) is 2.29. The summed E-state index contributed by atoms with van der Waals surface area (Å²) in [6.45, 7) is 3.72. The maximum absolute atomic E-state index is 11.6. The summed E-state index contributed by atoms with van der Waals surface area (Å²) in [6.07, 6.45) is 1.76. The zero-order valence-corrected chi connectivity index (χ0v) is 9.84. The van der Waals surface area contributed by atoms with Crippen LogP contribution in [-0.2, 0) is 19.1 Å². The van der Waals surface area contributed by atoms with Gasteiger partial charge < -0.3 is 9.47 Å². The molecule has 1 rings (SSSR count). The van der Waals surface area contributed by atoms with Gasteiger partial charge in [0.2, 0.25) is 0 Å². The molecule has 6 heteroatoms. The van der Waals surface area contributed by atoms with Crippen molar-refractivity contribution in [3.8, 4) is 0 Å². The number of ketones is 1. The van der Waals surface area contributed by atoms with Gasteiger partial charge in [-0.25, -0.2) is 9.59 Å². The lowest BCUT2D eigenvalue weighted by Gasteiger charge is -2.28. The van der Waals surface area contributed by atoms with Crippen molar-refractivity contribution in [3.63, 3.8) is 0 Å². The molecule has 0 saturated heterocycles. The molecule has 1 aliphatic heterocycles. The molecule has 0 aromatic heterocycles. The molecule has 0 aliphatic carbocycles. The molecule has 1 aliphatic rings. The molecule has 6 nitrogen and oxygen atoms in total. The van der Waals surface area contributed by atoms with Gasteiger partial charge in [-0.05, 0) is 19.9 Å². The summed E-state index contributed by atoms with van der Waals surface area (Å²) in [5, 5.41) is 0. The van der Waals surface area contributed by atoms with Crippen LogP contribution >= 0.6 is 0 Å².